The van der Waals surface area contributed by atoms with E-state index >= 15 is 0 Å². The van der Waals surface area contributed by atoms with Crippen molar-refractivity contribution in [1.82, 2.24) is 0 Å². The average Bonchev–Trinajstić information content (AvgIpc) is 2.03. The monoisotopic (exact) mass is 222 g/mol. The van der Waals surface area contributed by atoms with Crippen molar-refractivity contribution in [3.8, 4) is 0 Å². The first-order valence-corrected chi connectivity index (χ1v) is 6.87. The molecule has 0 fully saturated rings. The molecule has 0 bridgehead atoms. The van der Waals surface area contributed by atoms with Crippen molar-refractivity contribution in [1.29, 1.82) is 0 Å². The van der Waals surface area contributed by atoms with Gasteiger partial charge < -0.3 is 0 Å². The molecule has 0 aliphatic carbocycles. The van der Waals surface area contributed by atoms with E-state index in [0.717, 1.165) is 12.8 Å². The highest BCUT2D eigenvalue weighted by atomic mass is 32.2. The van der Waals surface area contributed by atoms with Gasteiger partial charge in [-0.1, -0.05) is 33.6 Å². The van der Waals surface area contributed by atoms with Crippen LogP contribution in [0.1, 0.15) is 47.0 Å². The average molecular weight is 222 g/mol. The molecule has 0 rings (SSSR count). The van der Waals surface area contributed by atoms with Gasteiger partial charge in [0.1, 0.15) is 0 Å². The topological polar surface area (TPSA) is 43.4 Å². The molecule has 0 saturated carbocycles. The fraction of sp³-hybridized carbons (Fsp3) is 1.00. The molecule has 0 aromatic rings. The summed E-state index contributed by atoms with van der Waals surface area (Å²) in [4.78, 5) is 0. The lowest BCUT2D eigenvalue weighted by molar-refractivity contribution is 0.178. The van der Waals surface area contributed by atoms with E-state index < -0.39 is 10.1 Å². The lowest BCUT2D eigenvalue weighted by Gasteiger charge is -2.15. The molecular formula is C10H22O3S. The van der Waals surface area contributed by atoms with Gasteiger partial charge in [-0.15, -0.1) is 0 Å². The Hall–Kier alpha value is -0.0900. The van der Waals surface area contributed by atoms with Crippen molar-refractivity contribution >= 4 is 10.1 Å². The van der Waals surface area contributed by atoms with E-state index in [2.05, 4.69) is 0 Å². The minimum Gasteiger partial charge on any atom is -0.267 e. The van der Waals surface area contributed by atoms with Crippen LogP contribution < -0.4 is 0 Å². The molecule has 0 spiro atoms. The van der Waals surface area contributed by atoms with Crippen molar-refractivity contribution < 1.29 is 12.6 Å². The Balaban J connectivity index is 3.95. The van der Waals surface area contributed by atoms with Crippen LogP contribution in [-0.4, -0.2) is 20.3 Å². The highest BCUT2D eigenvalue weighted by Gasteiger charge is 2.17. The SMILES string of the molecule is CCCCCS(=O)(=O)OC(C)C(C)C. The number of hydrogen-bond acceptors (Lipinski definition) is 3. The second kappa shape index (κ2) is 6.40. The molecule has 0 aromatic carbocycles. The van der Waals surface area contributed by atoms with Gasteiger partial charge in [0.15, 0.2) is 0 Å². The van der Waals surface area contributed by atoms with Crippen LogP contribution in [0.3, 0.4) is 0 Å². The Morgan fingerprint density at radius 3 is 2.14 bits per heavy atom. The quantitative estimate of drug-likeness (QED) is 0.491. The summed E-state index contributed by atoms with van der Waals surface area (Å²) in [6.07, 6.45) is 2.44. The van der Waals surface area contributed by atoms with Gasteiger partial charge in [-0.25, -0.2) is 0 Å². The Bertz CT molecular complexity index is 232. The molecule has 0 aliphatic heterocycles. The maximum absolute atomic E-state index is 11.4. The molecule has 3 nitrogen and oxygen atoms in total. The van der Waals surface area contributed by atoms with Gasteiger partial charge in [0.25, 0.3) is 10.1 Å². The van der Waals surface area contributed by atoms with Crippen molar-refractivity contribution in [2.45, 2.75) is 53.1 Å². The van der Waals surface area contributed by atoms with E-state index in [9.17, 15) is 8.42 Å². The number of rotatable bonds is 7. The summed E-state index contributed by atoms with van der Waals surface area (Å²) in [6, 6.07) is 0. The van der Waals surface area contributed by atoms with E-state index in [0.29, 0.717) is 6.42 Å². The summed E-state index contributed by atoms with van der Waals surface area (Å²) >= 11 is 0. The van der Waals surface area contributed by atoms with Gasteiger partial charge >= 0.3 is 0 Å². The van der Waals surface area contributed by atoms with E-state index in [1.807, 2.05) is 20.8 Å². The highest BCUT2D eigenvalue weighted by Crippen LogP contribution is 2.11. The highest BCUT2D eigenvalue weighted by molar-refractivity contribution is 7.86. The molecule has 0 N–H and O–H groups in total. The van der Waals surface area contributed by atoms with Gasteiger partial charge in [0.2, 0.25) is 0 Å². The minimum atomic E-state index is -3.30. The lowest BCUT2D eigenvalue weighted by atomic mass is 10.1. The van der Waals surface area contributed by atoms with Crippen LogP contribution in [0.5, 0.6) is 0 Å². The maximum atomic E-state index is 11.4. The second-order valence-electron chi connectivity index (χ2n) is 4.01. The molecular weight excluding hydrogens is 200 g/mol. The molecule has 0 radical (unpaired) electrons. The van der Waals surface area contributed by atoms with Crippen molar-refractivity contribution in [3.05, 3.63) is 0 Å². The summed E-state index contributed by atoms with van der Waals surface area (Å²) in [6.45, 7) is 7.74. The number of unbranched alkanes of at least 4 members (excludes halogenated alkanes) is 2. The third-order valence-electron chi connectivity index (χ3n) is 2.24. The Kier molecular flexibility index (Phi) is 6.36. The first-order chi connectivity index (χ1) is 6.39. The van der Waals surface area contributed by atoms with E-state index in [1.165, 1.54) is 0 Å². The summed E-state index contributed by atoms with van der Waals surface area (Å²) in [5.41, 5.74) is 0. The standard InChI is InChI=1S/C10H22O3S/c1-5-6-7-8-14(11,12)13-10(4)9(2)3/h9-10H,5-8H2,1-4H3. The first kappa shape index (κ1) is 13.9. The Morgan fingerprint density at radius 2 is 1.71 bits per heavy atom. The summed E-state index contributed by atoms with van der Waals surface area (Å²) < 4.78 is 27.8. The molecule has 0 heterocycles. The molecule has 0 amide bonds. The fourth-order valence-electron chi connectivity index (χ4n) is 0.919. The van der Waals surface area contributed by atoms with Crippen LogP contribution >= 0.6 is 0 Å². The largest absolute Gasteiger partial charge is 0.267 e. The summed E-state index contributed by atoms with van der Waals surface area (Å²) in [5.74, 6) is 0.383. The van der Waals surface area contributed by atoms with Crippen LogP contribution in [0, 0.1) is 5.92 Å². The van der Waals surface area contributed by atoms with Gasteiger partial charge in [0.05, 0.1) is 11.9 Å². The second-order valence-corrected chi connectivity index (χ2v) is 5.73. The summed E-state index contributed by atoms with van der Waals surface area (Å²) in [7, 11) is -3.30. The van der Waals surface area contributed by atoms with E-state index in [-0.39, 0.29) is 17.8 Å². The van der Waals surface area contributed by atoms with Gasteiger partial charge in [0, 0.05) is 0 Å². The van der Waals surface area contributed by atoms with Crippen LogP contribution in [0.25, 0.3) is 0 Å². The third-order valence-corrected chi connectivity index (χ3v) is 3.62. The Labute approximate surface area is 88.0 Å². The van der Waals surface area contributed by atoms with Crippen molar-refractivity contribution in [2.75, 3.05) is 5.75 Å². The van der Waals surface area contributed by atoms with Crippen LogP contribution in [-0.2, 0) is 14.3 Å². The molecule has 86 valence electrons. The lowest BCUT2D eigenvalue weighted by Crippen LogP contribution is -2.22. The van der Waals surface area contributed by atoms with Gasteiger partial charge in [-0.3, -0.25) is 4.18 Å². The molecule has 1 unspecified atom stereocenters. The molecule has 0 aliphatic rings. The smallest absolute Gasteiger partial charge is 0.267 e. The zero-order valence-corrected chi connectivity index (χ0v) is 10.4. The molecule has 14 heavy (non-hydrogen) atoms. The molecule has 1 atom stereocenters. The number of hydrogen-bond donors (Lipinski definition) is 0. The van der Waals surface area contributed by atoms with Gasteiger partial charge in [-0.05, 0) is 19.3 Å². The normalized spacial score (nSPS) is 14.6. The predicted molar refractivity (Wildman–Crippen MR) is 58.7 cm³/mol. The van der Waals surface area contributed by atoms with Crippen LogP contribution in [0.2, 0.25) is 0 Å². The van der Waals surface area contributed by atoms with Crippen molar-refractivity contribution in [2.24, 2.45) is 5.92 Å². The first-order valence-electron chi connectivity index (χ1n) is 5.30. The Morgan fingerprint density at radius 1 is 1.14 bits per heavy atom. The van der Waals surface area contributed by atoms with Crippen LogP contribution in [0.15, 0.2) is 0 Å². The van der Waals surface area contributed by atoms with E-state index in [4.69, 9.17) is 4.18 Å². The molecule has 0 aromatic heterocycles. The third kappa shape index (κ3) is 6.38. The fourth-order valence-corrected chi connectivity index (χ4v) is 2.26. The van der Waals surface area contributed by atoms with Gasteiger partial charge in [-0.2, -0.15) is 8.42 Å². The van der Waals surface area contributed by atoms with Crippen molar-refractivity contribution in [3.63, 3.8) is 0 Å². The predicted octanol–water partition coefficient (Wildman–Crippen LogP) is 2.57. The maximum Gasteiger partial charge on any atom is 0.267 e. The zero-order chi connectivity index (χ0) is 11.2. The van der Waals surface area contributed by atoms with E-state index in [1.54, 1.807) is 6.92 Å². The molecule has 0 saturated heterocycles. The summed E-state index contributed by atoms with van der Waals surface area (Å²) in [5, 5.41) is 0. The zero-order valence-electron chi connectivity index (χ0n) is 9.62. The molecule has 4 heteroatoms. The van der Waals surface area contributed by atoms with Crippen LogP contribution in [0.4, 0.5) is 0 Å². The minimum absolute atomic E-state index is 0.151.